The van der Waals surface area contributed by atoms with E-state index in [1.165, 1.54) is 6.26 Å². The van der Waals surface area contributed by atoms with Crippen molar-refractivity contribution in [3.05, 3.63) is 30.0 Å². The highest BCUT2D eigenvalue weighted by Gasteiger charge is 2.13. The van der Waals surface area contributed by atoms with E-state index in [-0.39, 0.29) is 0 Å². The van der Waals surface area contributed by atoms with E-state index in [9.17, 15) is 4.79 Å². The number of aldehydes is 1. The predicted octanol–water partition coefficient (Wildman–Crippen LogP) is 2.95. The monoisotopic (exact) mass is 261 g/mol. The molecule has 2 aromatic rings. The van der Waals surface area contributed by atoms with Crippen LogP contribution in [0.4, 0.5) is 0 Å². The summed E-state index contributed by atoms with van der Waals surface area (Å²) in [6, 6.07) is 5.39. The maximum absolute atomic E-state index is 10.9. The summed E-state index contributed by atoms with van der Waals surface area (Å²) in [5, 5.41) is 3.82. The number of benzene rings is 1. The first-order chi connectivity index (χ1) is 9.30. The minimum Gasteiger partial charge on any atom is -0.493 e. The Balaban J connectivity index is 2.36. The molecule has 0 spiro atoms. The molecule has 0 saturated heterocycles. The molecule has 0 atom stereocenters. The summed E-state index contributed by atoms with van der Waals surface area (Å²) < 4.78 is 15.7. The summed E-state index contributed by atoms with van der Waals surface area (Å²) >= 11 is 0. The van der Waals surface area contributed by atoms with E-state index in [2.05, 4.69) is 5.16 Å². The van der Waals surface area contributed by atoms with Gasteiger partial charge < -0.3 is 14.0 Å². The highest BCUT2D eigenvalue weighted by Crippen LogP contribution is 2.33. The lowest BCUT2D eigenvalue weighted by molar-refractivity contribution is 0.112. The van der Waals surface area contributed by atoms with Gasteiger partial charge in [0.15, 0.2) is 17.8 Å². The number of nitrogens with zero attached hydrogens (tertiary/aromatic N) is 1. The van der Waals surface area contributed by atoms with Crippen molar-refractivity contribution in [3.63, 3.8) is 0 Å². The molecule has 0 fully saturated rings. The Hall–Kier alpha value is -2.30. The molecule has 0 aliphatic heterocycles. The Morgan fingerprint density at radius 2 is 2.21 bits per heavy atom. The molecule has 0 saturated carbocycles. The number of carbonyl (C=O) groups excluding carboxylic acids is 1. The predicted molar refractivity (Wildman–Crippen MR) is 69.7 cm³/mol. The highest BCUT2D eigenvalue weighted by atomic mass is 16.5. The van der Waals surface area contributed by atoms with Gasteiger partial charge in [0.25, 0.3) is 0 Å². The Labute approximate surface area is 111 Å². The standard InChI is InChI=1S/C14H15NO4/c1-3-6-18-12-5-4-10(7-13(12)17-2)14-11(8-16)9-19-15-14/h4-5,7-9H,3,6H2,1-2H3. The van der Waals surface area contributed by atoms with E-state index in [1.807, 2.05) is 13.0 Å². The molecule has 0 unspecified atom stereocenters. The fourth-order valence-electron chi connectivity index (χ4n) is 1.69. The van der Waals surface area contributed by atoms with Crippen LogP contribution in [0.1, 0.15) is 23.7 Å². The third-order valence-corrected chi connectivity index (χ3v) is 2.62. The molecule has 5 nitrogen and oxygen atoms in total. The summed E-state index contributed by atoms with van der Waals surface area (Å²) in [6.45, 7) is 2.66. The minimum absolute atomic E-state index is 0.407. The lowest BCUT2D eigenvalue weighted by Crippen LogP contribution is -1.98. The largest absolute Gasteiger partial charge is 0.493 e. The fourth-order valence-corrected chi connectivity index (χ4v) is 1.69. The van der Waals surface area contributed by atoms with Gasteiger partial charge in [-0.3, -0.25) is 4.79 Å². The van der Waals surface area contributed by atoms with Crippen molar-refractivity contribution in [2.75, 3.05) is 13.7 Å². The first-order valence-electron chi connectivity index (χ1n) is 6.01. The van der Waals surface area contributed by atoms with E-state index in [4.69, 9.17) is 14.0 Å². The van der Waals surface area contributed by atoms with Crippen molar-refractivity contribution >= 4 is 6.29 Å². The molecule has 1 aromatic heterocycles. The fraction of sp³-hybridized carbons (Fsp3) is 0.286. The summed E-state index contributed by atoms with van der Waals surface area (Å²) in [7, 11) is 1.57. The zero-order chi connectivity index (χ0) is 13.7. The molecule has 100 valence electrons. The molecule has 0 aliphatic rings. The zero-order valence-electron chi connectivity index (χ0n) is 10.9. The van der Waals surface area contributed by atoms with Crippen molar-refractivity contribution in [2.24, 2.45) is 0 Å². The maximum atomic E-state index is 10.9. The molecule has 2 rings (SSSR count). The van der Waals surface area contributed by atoms with Gasteiger partial charge >= 0.3 is 0 Å². The normalized spacial score (nSPS) is 10.2. The topological polar surface area (TPSA) is 61.6 Å². The van der Waals surface area contributed by atoms with Crippen molar-refractivity contribution in [1.82, 2.24) is 5.16 Å². The van der Waals surface area contributed by atoms with Gasteiger partial charge in [-0.1, -0.05) is 12.1 Å². The van der Waals surface area contributed by atoms with Gasteiger partial charge in [0.1, 0.15) is 12.0 Å². The van der Waals surface area contributed by atoms with Crippen molar-refractivity contribution in [3.8, 4) is 22.8 Å². The second kappa shape index (κ2) is 6.04. The second-order valence-corrected chi connectivity index (χ2v) is 3.95. The van der Waals surface area contributed by atoms with Gasteiger partial charge in [0.2, 0.25) is 0 Å². The molecule has 0 amide bonds. The molecule has 0 N–H and O–H groups in total. The number of aromatic nitrogens is 1. The molecule has 1 aromatic carbocycles. The average Bonchev–Trinajstić information content (AvgIpc) is 2.93. The molecule has 0 bridgehead atoms. The summed E-state index contributed by atoms with van der Waals surface area (Å²) in [6.07, 6.45) is 2.94. The maximum Gasteiger partial charge on any atom is 0.161 e. The minimum atomic E-state index is 0.407. The summed E-state index contributed by atoms with van der Waals surface area (Å²) in [4.78, 5) is 10.9. The lowest BCUT2D eigenvalue weighted by Gasteiger charge is -2.10. The van der Waals surface area contributed by atoms with Crippen LogP contribution < -0.4 is 9.47 Å². The number of hydrogen-bond donors (Lipinski definition) is 0. The van der Waals surface area contributed by atoms with Crippen LogP contribution in [0, 0.1) is 0 Å². The Morgan fingerprint density at radius 1 is 1.37 bits per heavy atom. The first-order valence-corrected chi connectivity index (χ1v) is 6.01. The Kier molecular flexibility index (Phi) is 4.18. The number of hydrogen-bond acceptors (Lipinski definition) is 5. The van der Waals surface area contributed by atoms with Crippen LogP contribution in [0.5, 0.6) is 11.5 Å². The van der Waals surface area contributed by atoms with Crippen molar-refractivity contribution < 1.29 is 18.8 Å². The van der Waals surface area contributed by atoms with Gasteiger partial charge in [-0.15, -0.1) is 0 Å². The van der Waals surface area contributed by atoms with Crippen molar-refractivity contribution in [1.29, 1.82) is 0 Å². The highest BCUT2D eigenvalue weighted by molar-refractivity contribution is 5.85. The second-order valence-electron chi connectivity index (χ2n) is 3.95. The van der Waals surface area contributed by atoms with Crippen LogP contribution in [0.2, 0.25) is 0 Å². The molecule has 1 heterocycles. The molecule has 19 heavy (non-hydrogen) atoms. The first kappa shape index (κ1) is 13.1. The van der Waals surface area contributed by atoms with Crippen LogP contribution in [-0.4, -0.2) is 25.2 Å². The van der Waals surface area contributed by atoms with E-state index in [0.29, 0.717) is 35.6 Å². The van der Waals surface area contributed by atoms with E-state index < -0.39 is 0 Å². The number of carbonyl (C=O) groups is 1. The van der Waals surface area contributed by atoms with Crippen molar-refractivity contribution in [2.45, 2.75) is 13.3 Å². The SMILES string of the molecule is CCCOc1ccc(-c2nocc2C=O)cc1OC. The zero-order valence-corrected chi connectivity index (χ0v) is 10.9. The summed E-state index contributed by atoms with van der Waals surface area (Å²) in [5.74, 6) is 1.27. The number of methoxy groups -OCH3 is 1. The number of rotatable bonds is 6. The Bertz CT molecular complexity index is 562. The van der Waals surface area contributed by atoms with Crippen LogP contribution in [-0.2, 0) is 0 Å². The average molecular weight is 261 g/mol. The van der Waals surface area contributed by atoms with Gasteiger partial charge in [-0.25, -0.2) is 0 Å². The van der Waals surface area contributed by atoms with E-state index >= 15 is 0 Å². The molecular formula is C14H15NO4. The van der Waals surface area contributed by atoms with Gasteiger partial charge in [-0.2, -0.15) is 0 Å². The molecule has 0 radical (unpaired) electrons. The van der Waals surface area contributed by atoms with Crippen LogP contribution in [0.15, 0.2) is 29.0 Å². The number of ether oxygens (including phenoxy) is 2. The van der Waals surface area contributed by atoms with E-state index in [1.54, 1.807) is 19.2 Å². The third-order valence-electron chi connectivity index (χ3n) is 2.62. The van der Waals surface area contributed by atoms with Crippen LogP contribution in [0.3, 0.4) is 0 Å². The van der Waals surface area contributed by atoms with Crippen LogP contribution in [0.25, 0.3) is 11.3 Å². The van der Waals surface area contributed by atoms with Crippen LogP contribution >= 0.6 is 0 Å². The van der Waals surface area contributed by atoms with Gasteiger partial charge in [0, 0.05) is 5.56 Å². The summed E-state index contributed by atoms with van der Waals surface area (Å²) in [5.41, 5.74) is 1.65. The van der Waals surface area contributed by atoms with Gasteiger partial charge in [-0.05, 0) is 24.6 Å². The molecule has 0 aliphatic carbocycles. The smallest absolute Gasteiger partial charge is 0.161 e. The van der Waals surface area contributed by atoms with Gasteiger partial charge in [0.05, 0.1) is 19.3 Å². The molecular weight excluding hydrogens is 246 g/mol. The Morgan fingerprint density at radius 3 is 2.89 bits per heavy atom. The third kappa shape index (κ3) is 2.76. The lowest BCUT2D eigenvalue weighted by atomic mass is 10.1. The van der Waals surface area contributed by atoms with E-state index in [0.717, 1.165) is 12.0 Å². The molecule has 5 heteroatoms. The quantitative estimate of drug-likeness (QED) is 0.748.